The summed E-state index contributed by atoms with van der Waals surface area (Å²) in [5.41, 5.74) is 2.67. The van der Waals surface area contributed by atoms with E-state index in [0.717, 1.165) is 28.4 Å². The number of nitrogens with one attached hydrogen (secondary N) is 2. The Morgan fingerprint density at radius 2 is 1.45 bits per heavy atom. The summed E-state index contributed by atoms with van der Waals surface area (Å²) >= 11 is 0. The van der Waals surface area contributed by atoms with Gasteiger partial charge in [0.2, 0.25) is 5.91 Å². The Morgan fingerprint density at radius 1 is 0.828 bits per heavy atom. The van der Waals surface area contributed by atoms with Crippen LogP contribution in [0.25, 0.3) is 0 Å². The minimum absolute atomic E-state index is 0.130. The van der Waals surface area contributed by atoms with Gasteiger partial charge in [0.05, 0.1) is 6.54 Å². The summed E-state index contributed by atoms with van der Waals surface area (Å²) in [7, 11) is 0. The normalized spacial score (nSPS) is 10.1. The van der Waals surface area contributed by atoms with Crippen molar-refractivity contribution in [2.24, 2.45) is 0 Å². The number of rotatable bonds is 10. The lowest BCUT2D eigenvalue weighted by Gasteiger charge is -2.10. The molecule has 0 fully saturated rings. The molecular weight excluding hydrogens is 364 g/mol. The van der Waals surface area contributed by atoms with Gasteiger partial charge in [-0.05, 0) is 54.1 Å². The minimum atomic E-state index is -0.130. The number of benzene rings is 3. The Balaban J connectivity index is 1.42. The smallest absolute Gasteiger partial charge is 0.243 e. The number of hydrogen-bond donors (Lipinski definition) is 2. The van der Waals surface area contributed by atoms with Crippen LogP contribution < -0.4 is 20.1 Å². The van der Waals surface area contributed by atoms with Crippen LogP contribution in [0.4, 0.5) is 11.4 Å². The Hall–Kier alpha value is -3.73. The van der Waals surface area contributed by atoms with Gasteiger partial charge in [-0.1, -0.05) is 43.0 Å². The monoisotopic (exact) mass is 388 g/mol. The minimum Gasteiger partial charge on any atom is -0.490 e. The average molecular weight is 388 g/mol. The third-order valence-corrected chi connectivity index (χ3v) is 4.06. The van der Waals surface area contributed by atoms with Gasteiger partial charge in [-0.25, -0.2) is 0 Å². The summed E-state index contributed by atoms with van der Waals surface area (Å²) in [4.78, 5) is 12.1. The molecule has 0 heterocycles. The van der Waals surface area contributed by atoms with Crippen LogP contribution in [-0.2, 0) is 11.4 Å². The molecule has 0 saturated carbocycles. The van der Waals surface area contributed by atoms with E-state index < -0.39 is 0 Å². The van der Waals surface area contributed by atoms with Gasteiger partial charge in [0.1, 0.15) is 24.7 Å². The topological polar surface area (TPSA) is 59.6 Å². The molecule has 0 saturated heterocycles. The maximum Gasteiger partial charge on any atom is 0.243 e. The molecule has 5 heteroatoms. The molecule has 0 bridgehead atoms. The number of carbonyl (C=O) groups excluding carboxylic acids is 1. The molecule has 0 spiro atoms. The molecule has 3 aromatic carbocycles. The molecule has 0 aromatic heterocycles. The first-order chi connectivity index (χ1) is 14.2. The first-order valence-corrected chi connectivity index (χ1v) is 9.37. The van der Waals surface area contributed by atoms with E-state index >= 15 is 0 Å². The van der Waals surface area contributed by atoms with Gasteiger partial charge in [0.25, 0.3) is 0 Å². The summed E-state index contributed by atoms with van der Waals surface area (Å²) < 4.78 is 11.2. The van der Waals surface area contributed by atoms with Crippen molar-refractivity contribution in [1.82, 2.24) is 0 Å². The van der Waals surface area contributed by atoms with Gasteiger partial charge in [-0.2, -0.15) is 0 Å². The maximum atomic E-state index is 12.1. The van der Waals surface area contributed by atoms with Crippen molar-refractivity contribution in [2.75, 3.05) is 23.8 Å². The van der Waals surface area contributed by atoms with Crippen molar-refractivity contribution in [3.63, 3.8) is 0 Å². The van der Waals surface area contributed by atoms with Gasteiger partial charge in [-0.3, -0.25) is 4.79 Å². The quantitative estimate of drug-likeness (QED) is 0.486. The van der Waals surface area contributed by atoms with Crippen LogP contribution in [0.2, 0.25) is 0 Å². The molecule has 1 amide bonds. The zero-order valence-corrected chi connectivity index (χ0v) is 16.1. The first kappa shape index (κ1) is 20.0. The van der Waals surface area contributed by atoms with E-state index in [2.05, 4.69) is 17.2 Å². The summed E-state index contributed by atoms with van der Waals surface area (Å²) in [6.45, 7) is 4.75. The zero-order chi connectivity index (χ0) is 20.3. The number of amides is 1. The highest BCUT2D eigenvalue weighted by molar-refractivity contribution is 5.93. The van der Waals surface area contributed by atoms with Crippen LogP contribution >= 0.6 is 0 Å². The number of hydrogen-bond acceptors (Lipinski definition) is 4. The third-order valence-electron chi connectivity index (χ3n) is 4.06. The molecule has 0 atom stereocenters. The molecular formula is C24H24N2O3. The molecule has 148 valence electrons. The van der Waals surface area contributed by atoms with Gasteiger partial charge in [-0.15, -0.1) is 0 Å². The molecule has 0 aliphatic heterocycles. The summed E-state index contributed by atoms with van der Waals surface area (Å²) in [5.74, 6) is 1.38. The average Bonchev–Trinajstić information content (AvgIpc) is 2.77. The Kier molecular flexibility index (Phi) is 7.29. The Morgan fingerprint density at radius 3 is 2.10 bits per heavy atom. The second-order valence-corrected chi connectivity index (χ2v) is 6.32. The predicted molar refractivity (Wildman–Crippen MR) is 116 cm³/mol. The van der Waals surface area contributed by atoms with Crippen LogP contribution in [0.5, 0.6) is 11.5 Å². The van der Waals surface area contributed by atoms with Crippen molar-refractivity contribution in [2.45, 2.75) is 6.61 Å². The zero-order valence-electron chi connectivity index (χ0n) is 16.1. The summed E-state index contributed by atoms with van der Waals surface area (Å²) in [5, 5.41) is 5.95. The van der Waals surface area contributed by atoms with Gasteiger partial charge in [0, 0.05) is 11.4 Å². The van der Waals surface area contributed by atoms with Crippen molar-refractivity contribution < 1.29 is 14.3 Å². The molecule has 0 unspecified atom stereocenters. The van der Waals surface area contributed by atoms with Crippen molar-refractivity contribution >= 4 is 17.3 Å². The van der Waals surface area contributed by atoms with E-state index in [4.69, 9.17) is 9.47 Å². The summed E-state index contributed by atoms with van der Waals surface area (Å²) in [6, 6.07) is 24.7. The van der Waals surface area contributed by atoms with Crippen LogP contribution in [0.3, 0.4) is 0 Å². The fraction of sp³-hybridized carbons (Fsp3) is 0.125. The van der Waals surface area contributed by atoms with E-state index in [0.29, 0.717) is 13.2 Å². The summed E-state index contributed by atoms with van der Waals surface area (Å²) in [6.07, 6.45) is 1.69. The van der Waals surface area contributed by atoms with Crippen molar-refractivity contribution in [3.8, 4) is 11.5 Å². The Labute approximate surface area is 171 Å². The number of ether oxygens (including phenoxy) is 2. The van der Waals surface area contributed by atoms with Crippen LogP contribution in [0.15, 0.2) is 91.5 Å². The molecule has 3 aromatic rings. The molecule has 0 radical (unpaired) electrons. The standard InChI is InChI=1S/C24H24N2O3/c1-2-16-28-22-12-8-20(9-13-22)25-17-24(27)26-21-10-14-23(15-11-21)29-18-19-6-4-3-5-7-19/h2-15,25H,1,16-18H2,(H,26,27). The highest BCUT2D eigenvalue weighted by Crippen LogP contribution is 2.18. The van der Waals surface area contributed by atoms with Crippen molar-refractivity contribution in [1.29, 1.82) is 0 Å². The SMILES string of the molecule is C=CCOc1ccc(NCC(=O)Nc2ccc(OCc3ccccc3)cc2)cc1. The van der Waals surface area contributed by atoms with E-state index in [-0.39, 0.29) is 12.5 Å². The predicted octanol–water partition coefficient (Wildman–Crippen LogP) is 4.88. The van der Waals surface area contributed by atoms with Gasteiger partial charge >= 0.3 is 0 Å². The highest BCUT2D eigenvalue weighted by atomic mass is 16.5. The Bertz CT molecular complexity index is 907. The second-order valence-electron chi connectivity index (χ2n) is 6.32. The second kappa shape index (κ2) is 10.6. The lowest BCUT2D eigenvalue weighted by Crippen LogP contribution is -2.21. The van der Waals surface area contributed by atoms with Crippen LogP contribution in [-0.4, -0.2) is 19.1 Å². The molecule has 29 heavy (non-hydrogen) atoms. The van der Waals surface area contributed by atoms with E-state index in [1.165, 1.54) is 0 Å². The fourth-order valence-corrected chi connectivity index (χ4v) is 2.59. The molecule has 3 rings (SSSR count). The molecule has 5 nitrogen and oxygen atoms in total. The maximum absolute atomic E-state index is 12.1. The van der Waals surface area contributed by atoms with E-state index in [9.17, 15) is 4.79 Å². The van der Waals surface area contributed by atoms with Gasteiger partial charge < -0.3 is 20.1 Å². The molecule has 2 N–H and O–H groups in total. The third kappa shape index (κ3) is 6.74. The lowest BCUT2D eigenvalue weighted by molar-refractivity contribution is -0.114. The number of carbonyl (C=O) groups is 1. The van der Waals surface area contributed by atoms with E-state index in [1.54, 1.807) is 6.08 Å². The number of anilines is 2. The molecule has 0 aliphatic carbocycles. The van der Waals surface area contributed by atoms with Gasteiger partial charge in [0.15, 0.2) is 0 Å². The lowest BCUT2D eigenvalue weighted by atomic mass is 10.2. The molecule has 0 aliphatic rings. The van der Waals surface area contributed by atoms with Crippen LogP contribution in [0.1, 0.15) is 5.56 Å². The highest BCUT2D eigenvalue weighted by Gasteiger charge is 2.03. The van der Waals surface area contributed by atoms with Crippen LogP contribution in [0, 0.1) is 0 Å². The first-order valence-electron chi connectivity index (χ1n) is 9.37. The van der Waals surface area contributed by atoms with E-state index in [1.807, 2.05) is 78.9 Å². The van der Waals surface area contributed by atoms with Crippen molar-refractivity contribution in [3.05, 3.63) is 97.1 Å². The largest absolute Gasteiger partial charge is 0.490 e. The fourth-order valence-electron chi connectivity index (χ4n) is 2.59.